The first-order chi connectivity index (χ1) is 18.5. The monoisotopic (exact) mass is 521 g/mol. The molecule has 1 saturated heterocycles. The molecule has 3 saturated carbocycles. The Bertz CT molecular complexity index is 1070. The highest BCUT2D eigenvalue weighted by molar-refractivity contribution is 5.74. The Balaban J connectivity index is 0.914. The van der Waals surface area contributed by atoms with Crippen LogP contribution in [0.3, 0.4) is 0 Å². The molecule has 4 fully saturated rings. The van der Waals surface area contributed by atoms with Crippen molar-refractivity contribution >= 4 is 23.6 Å². The van der Waals surface area contributed by atoms with Crippen LogP contribution in [0.2, 0.25) is 0 Å². The molecule has 2 aromatic heterocycles. The summed E-state index contributed by atoms with van der Waals surface area (Å²) in [5.41, 5.74) is 1.70. The molecule has 206 valence electrons. The lowest BCUT2D eigenvalue weighted by Crippen LogP contribution is -2.57. The Morgan fingerprint density at radius 3 is 2.45 bits per heavy atom. The van der Waals surface area contributed by atoms with Gasteiger partial charge < -0.3 is 26.2 Å². The number of anilines is 3. The van der Waals surface area contributed by atoms with Gasteiger partial charge in [-0.2, -0.15) is 10.1 Å². The second kappa shape index (κ2) is 11.1. The van der Waals surface area contributed by atoms with Gasteiger partial charge in [-0.15, -0.1) is 0 Å². The lowest BCUT2D eigenvalue weighted by Gasteiger charge is -2.52. The van der Waals surface area contributed by atoms with E-state index in [1.807, 2.05) is 6.07 Å². The highest BCUT2D eigenvalue weighted by Crippen LogP contribution is 2.48. The quantitative estimate of drug-likeness (QED) is 0.364. The van der Waals surface area contributed by atoms with Crippen LogP contribution >= 0.6 is 0 Å². The molecule has 10 nitrogen and oxygen atoms in total. The van der Waals surface area contributed by atoms with Crippen LogP contribution in [0.5, 0.6) is 0 Å². The van der Waals surface area contributed by atoms with Crippen molar-refractivity contribution in [2.45, 2.75) is 101 Å². The molecular weight excluding hydrogens is 478 g/mol. The van der Waals surface area contributed by atoms with Gasteiger partial charge in [0.15, 0.2) is 5.82 Å². The number of nitrogens with zero attached hydrogens (tertiary/aromatic N) is 4. The standard InChI is InChI=1S/C28H43N9O/c1-37-14-11-28(12-15-37)17-22(18-28)32-27(38)31-21-8-6-20(7-9-21)30-26-29-13-10-24(34-26)33-25-16-23(35-36-25)19-4-2-3-5-19/h10,13,16,19-22H,2-9,11-12,14-15,17-18H2,1H3,(H2,31,32,38)(H3,29,30,33,34,35,36). The Morgan fingerprint density at radius 1 is 0.974 bits per heavy atom. The van der Waals surface area contributed by atoms with Crippen LogP contribution in [0.25, 0.3) is 0 Å². The minimum Gasteiger partial charge on any atom is -0.351 e. The maximum Gasteiger partial charge on any atom is 0.315 e. The van der Waals surface area contributed by atoms with Crippen LogP contribution < -0.4 is 21.3 Å². The summed E-state index contributed by atoms with van der Waals surface area (Å²) in [5.74, 6) is 2.76. The first-order valence-electron chi connectivity index (χ1n) is 14.7. The molecule has 3 aliphatic carbocycles. The minimum absolute atomic E-state index is 0.00532. The number of H-pyrrole nitrogens is 1. The molecule has 0 atom stereocenters. The summed E-state index contributed by atoms with van der Waals surface area (Å²) in [5, 5.41) is 20.9. The van der Waals surface area contributed by atoms with Gasteiger partial charge in [0.25, 0.3) is 0 Å². The van der Waals surface area contributed by atoms with Gasteiger partial charge in [-0.25, -0.2) is 9.78 Å². The van der Waals surface area contributed by atoms with Crippen LogP contribution in [0.4, 0.5) is 22.4 Å². The van der Waals surface area contributed by atoms with Crippen molar-refractivity contribution in [2.75, 3.05) is 30.8 Å². The number of amides is 2. The predicted molar refractivity (Wildman–Crippen MR) is 149 cm³/mol. The zero-order valence-corrected chi connectivity index (χ0v) is 22.6. The van der Waals surface area contributed by atoms with Gasteiger partial charge in [-0.05, 0) is 95.8 Å². The zero-order valence-electron chi connectivity index (χ0n) is 22.6. The molecule has 2 amide bonds. The maximum atomic E-state index is 12.6. The Kier molecular flexibility index (Phi) is 7.41. The SMILES string of the molecule is CN1CCC2(CC1)CC(NC(=O)NC1CCC(Nc3nccc(Nc4cc(C5CCCC5)[nH]n4)n3)CC1)C2. The lowest BCUT2D eigenvalue weighted by molar-refractivity contribution is 0.0171. The topological polar surface area (TPSA) is 123 Å². The summed E-state index contributed by atoms with van der Waals surface area (Å²) in [7, 11) is 2.20. The highest BCUT2D eigenvalue weighted by atomic mass is 16.2. The Labute approximate surface area is 225 Å². The molecule has 0 radical (unpaired) electrons. The van der Waals surface area contributed by atoms with Crippen molar-refractivity contribution in [2.24, 2.45) is 5.41 Å². The number of aromatic nitrogens is 4. The minimum atomic E-state index is 0.00532. The third kappa shape index (κ3) is 6.06. The number of hydrogen-bond acceptors (Lipinski definition) is 7. The van der Waals surface area contributed by atoms with E-state index in [-0.39, 0.29) is 12.1 Å². The van der Waals surface area contributed by atoms with Crippen molar-refractivity contribution in [3.8, 4) is 0 Å². The summed E-state index contributed by atoms with van der Waals surface area (Å²) < 4.78 is 0. The number of carbonyl (C=O) groups is 1. The first kappa shape index (κ1) is 25.4. The molecule has 0 bridgehead atoms. The van der Waals surface area contributed by atoms with Gasteiger partial charge in [0.2, 0.25) is 5.95 Å². The van der Waals surface area contributed by atoms with Crippen molar-refractivity contribution in [3.63, 3.8) is 0 Å². The van der Waals surface area contributed by atoms with Crippen LogP contribution in [0.1, 0.15) is 88.7 Å². The number of hydrogen-bond donors (Lipinski definition) is 5. The van der Waals surface area contributed by atoms with E-state index < -0.39 is 0 Å². The van der Waals surface area contributed by atoms with Gasteiger partial charge in [0.05, 0.1) is 0 Å². The van der Waals surface area contributed by atoms with Crippen molar-refractivity contribution in [3.05, 3.63) is 24.0 Å². The molecule has 6 rings (SSSR count). The summed E-state index contributed by atoms with van der Waals surface area (Å²) in [6.07, 6.45) is 15.6. The molecule has 2 aromatic rings. The average Bonchev–Trinajstić information content (AvgIpc) is 3.58. The molecule has 10 heteroatoms. The average molecular weight is 522 g/mol. The molecule has 1 spiro atoms. The number of carbonyl (C=O) groups excluding carboxylic acids is 1. The Morgan fingerprint density at radius 2 is 1.68 bits per heavy atom. The largest absolute Gasteiger partial charge is 0.351 e. The van der Waals surface area contributed by atoms with Gasteiger partial charge >= 0.3 is 6.03 Å². The number of nitrogens with one attached hydrogen (secondary N) is 5. The van der Waals surface area contributed by atoms with Crippen LogP contribution in [-0.2, 0) is 0 Å². The van der Waals surface area contributed by atoms with E-state index >= 15 is 0 Å². The molecule has 0 unspecified atom stereocenters. The Hall–Kier alpha value is -2.88. The van der Waals surface area contributed by atoms with E-state index in [4.69, 9.17) is 0 Å². The number of likely N-dealkylation sites (tertiary alicyclic amines) is 1. The van der Waals surface area contributed by atoms with E-state index in [1.54, 1.807) is 6.20 Å². The van der Waals surface area contributed by atoms with Crippen molar-refractivity contribution in [1.29, 1.82) is 0 Å². The normalized spacial score (nSPS) is 26.1. The molecule has 38 heavy (non-hydrogen) atoms. The van der Waals surface area contributed by atoms with Crippen LogP contribution in [-0.4, -0.2) is 69.4 Å². The van der Waals surface area contributed by atoms with E-state index in [9.17, 15) is 4.79 Å². The summed E-state index contributed by atoms with van der Waals surface area (Å²) in [4.78, 5) is 24.1. The molecule has 0 aromatic carbocycles. The molecular formula is C28H43N9O. The van der Waals surface area contributed by atoms with E-state index in [1.165, 1.54) is 57.3 Å². The lowest BCUT2D eigenvalue weighted by atomic mass is 9.60. The van der Waals surface area contributed by atoms with E-state index in [0.717, 1.165) is 50.2 Å². The van der Waals surface area contributed by atoms with Crippen molar-refractivity contribution < 1.29 is 4.79 Å². The summed E-state index contributed by atoms with van der Waals surface area (Å²) in [6, 6.07) is 4.85. The molecule has 1 aliphatic heterocycles. The first-order valence-corrected chi connectivity index (χ1v) is 14.7. The fourth-order valence-corrected chi connectivity index (χ4v) is 7.04. The van der Waals surface area contributed by atoms with Crippen LogP contribution in [0.15, 0.2) is 18.3 Å². The number of urea groups is 1. The third-order valence-electron chi connectivity index (χ3n) is 9.44. The third-order valence-corrected chi connectivity index (χ3v) is 9.44. The summed E-state index contributed by atoms with van der Waals surface area (Å²) in [6.45, 7) is 2.38. The van der Waals surface area contributed by atoms with Gasteiger partial charge in [0, 0.05) is 42.0 Å². The highest BCUT2D eigenvalue weighted by Gasteiger charge is 2.45. The second-order valence-electron chi connectivity index (χ2n) is 12.3. The fourth-order valence-electron chi connectivity index (χ4n) is 7.04. The van der Waals surface area contributed by atoms with E-state index in [2.05, 4.69) is 59.4 Å². The molecule has 5 N–H and O–H groups in total. The van der Waals surface area contributed by atoms with Crippen molar-refractivity contribution in [1.82, 2.24) is 35.7 Å². The summed E-state index contributed by atoms with van der Waals surface area (Å²) >= 11 is 0. The van der Waals surface area contributed by atoms with E-state index in [0.29, 0.717) is 29.4 Å². The number of aromatic amines is 1. The molecule has 4 aliphatic rings. The fraction of sp³-hybridized carbons (Fsp3) is 0.714. The van der Waals surface area contributed by atoms with Gasteiger partial charge in [-0.1, -0.05) is 12.8 Å². The van der Waals surface area contributed by atoms with Crippen LogP contribution in [0, 0.1) is 5.41 Å². The smallest absolute Gasteiger partial charge is 0.315 e. The second-order valence-corrected chi connectivity index (χ2v) is 12.3. The number of piperidine rings is 1. The van der Waals surface area contributed by atoms with Gasteiger partial charge in [-0.3, -0.25) is 5.10 Å². The number of rotatable bonds is 7. The van der Waals surface area contributed by atoms with Gasteiger partial charge in [0.1, 0.15) is 5.82 Å². The maximum absolute atomic E-state index is 12.6. The predicted octanol–water partition coefficient (Wildman–Crippen LogP) is 4.50. The molecule has 3 heterocycles. The zero-order chi connectivity index (χ0) is 26.0.